The van der Waals surface area contributed by atoms with Crippen LogP contribution in [0.1, 0.15) is 53.4 Å². The molecule has 4 rings (SSSR count). The molecule has 0 aliphatic heterocycles. The molecule has 0 radical (unpaired) electrons. The van der Waals surface area contributed by atoms with Crippen LogP contribution >= 0.6 is 15.8 Å². The maximum atomic E-state index is 2.50. The van der Waals surface area contributed by atoms with Crippen LogP contribution < -0.4 is 10.6 Å². The Morgan fingerprint density at radius 2 is 0.794 bits per heavy atom. The van der Waals surface area contributed by atoms with Crippen molar-refractivity contribution in [1.29, 1.82) is 0 Å². The normalized spacial score (nSPS) is 11.8. The lowest BCUT2D eigenvalue weighted by Crippen LogP contribution is -2.16. The summed E-state index contributed by atoms with van der Waals surface area (Å²) in [5, 5.41) is 8.91. The smallest absolute Gasteiger partial charge is 0.00157 e. The van der Waals surface area contributed by atoms with Crippen LogP contribution in [0.15, 0.2) is 72.8 Å². The Balaban J connectivity index is 2.12. The fourth-order valence-corrected chi connectivity index (χ4v) is 10.6. The van der Waals surface area contributed by atoms with Crippen LogP contribution in [0.4, 0.5) is 0 Å². The van der Waals surface area contributed by atoms with Crippen molar-refractivity contribution in [3.05, 3.63) is 72.8 Å². The van der Waals surface area contributed by atoms with E-state index in [1.54, 1.807) is 21.7 Å². The van der Waals surface area contributed by atoms with Crippen molar-refractivity contribution < 1.29 is 0 Å². The van der Waals surface area contributed by atoms with Crippen LogP contribution in [0.5, 0.6) is 0 Å². The Morgan fingerprint density at radius 1 is 0.441 bits per heavy atom. The molecule has 0 atom stereocenters. The van der Waals surface area contributed by atoms with Crippen LogP contribution in [0.2, 0.25) is 0 Å². The lowest BCUT2D eigenvalue weighted by Gasteiger charge is -2.27. The van der Waals surface area contributed by atoms with Crippen molar-refractivity contribution in [1.82, 2.24) is 0 Å². The molecular formula is C32H40P2. The standard InChI is InChI=1S/C32H40P2/c1-5-21-33(22-6-2)29-19-17-25-13-9-11-15-27(25)31(29)32-28-16-12-10-14-26(28)18-20-30(32)34(23-7-3)24-8-4/h9-20H,5-8,21-24H2,1-4H3. The highest BCUT2D eigenvalue weighted by Gasteiger charge is 2.23. The highest BCUT2D eigenvalue weighted by molar-refractivity contribution is 7.66. The van der Waals surface area contributed by atoms with Crippen LogP contribution in [-0.4, -0.2) is 24.6 Å². The molecule has 34 heavy (non-hydrogen) atoms. The van der Waals surface area contributed by atoms with Gasteiger partial charge in [-0.15, -0.1) is 0 Å². The fraction of sp³-hybridized carbons (Fsp3) is 0.375. The van der Waals surface area contributed by atoms with E-state index in [9.17, 15) is 0 Å². The zero-order chi connectivity index (χ0) is 23.9. The van der Waals surface area contributed by atoms with E-state index in [-0.39, 0.29) is 15.8 Å². The summed E-state index contributed by atoms with van der Waals surface area (Å²) in [7, 11) is -0.338. The van der Waals surface area contributed by atoms with Gasteiger partial charge in [-0.1, -0.05) is 142 Å². The summed E-state index contributed by atoms with van der Waals surface area (Å²) in [5.41, 5.74) is 3.11. The average Bonchev–Trinajstić information content (AvgIpc) is 2.87. The number of hydrogen-bond acceptors (Lipinski definition) is 0. The third kappa shape index (κ3) is 5.25. The molecule has 4 aromatic rings. The molecule has 0 amide bonds. The maximum Gasteiger partial charge on any atom is -0.00157 e. The van der Waals surface area contributed by atoms with Crippen molar-refractivity contribution in [2.45, 2.75) is 53.4 Å². The van der Waals surface area contributed by atoms with Crippen molar-refractivity contribution in [3.8, 4) is 11.1 Å². The first-order valence-corrected chi connectivity index (χ1v) is 16.7. The van der Waals surface area contributed by atoms with Crippen LogP contribution in [0, 0.1) is 0 Å². The molecule has 0 saturated carbocycles. The van der Waals surface area contributed by atoms with Gasteiger partial charge in [0.1, 0.15) is 0 Å². The molecular weight excluding hydrogens is 446 g/mol. The summed E-state index contributed by atoms with van der Waals surface area (Å²) in [6.07, 6.45) is 10.4. The first-order valence-electron chi connectivity index (χ1n) is 13.3. The second-order valence-electron chi connectivity index (χ2n) is 9.34. The highest BCUT2D eigenvalue weighted by Crippen LogP contribution is 2.47. The lowest BCUT2D eigenvalue weighted by molar-refractivity contribution is 1.06. The van der Waals surface area contributed by atoms with E-state index in [1.165, 1.54) is 71.9 Å². The summed E-state index contributed by atoms with van der Waals surface area (Å²) < 4.78 is 0. The number of rotatable bonds is 11. The third-order valence-electron chi connectivity index (χ3n) is 6.72. The number of hydrogen-bond donors (Lipinski definition) is 0. The third-order valence-corrected chi connectivity index (χ3v) is 12.8. The molecule has 0 heterocycles. The highest BCUT2D eigenvalue weighted by atomic mass is 31.1. The molecule has 0 aromatic heterocycles. The largest absolute Gasteiger partial charge is 0.0746 e. The van der Waals surface area contributed by atoms with Gasteiger partial charge in [-0.05, 0) is 67.9 Å². The Labute approximate surface area is 209 Å². The van der Waals surface area contributed by atoms with Crippen molar-refractivity contribution in [2.75, 3.05) is 24.6 Å². The molecule has 0 saturated heterocycles. The van der Waals surface area contributed by atoms with Gasteiger partial charge in [0, 0.05) is 0 Å². The SMILES string of the molecule is CCCP(CCC)c1ccc2ccccc2c1-c1c(P(CCC)CCC)ccc2ccccc12. The summed E-state index contributed by atoms with van der Waals surface area (Å²) >= 11 is 0. The van der Waals surface area contributed by atoms with Gasteiger partial charge in [-0.2, -0.15) is 0 Å². The van der Waals surface area contributed by atoms with Gasteiger partial charge in [0.15, 0.2) is 0 Å². The van der Waals surface area contributed by atoms with E-state index in [0.717, 1.165) is 0 Å². The molecule has 0 spiro atoms. The first-order chi connectivity index (χ1) is 16.7. The molecule has 0 nitrogen and oxygen atoms in total. The molecule has 0 unspecified atom stereocenters. The first kappa shape index (κ1) is 25.4. The van der Waals surface area contributed by atoms with Crippen LogP contribution in [0.25, 0.3) is 32.7 Å². The number of fused-ring (bicyclic) bond motifs is 2. The number of benzene rings is 4. The topological polar surface area (TPSA) is 0 Å². The molecule has 0 fully saturated rings. The van der Waals surface area contributed by atoms with Crippen molar-refractivity contribution >= 4 is 48.0 Å². The van der Waals surface area contributed by atoms with Gasteiger partial charge in [0.05, 0.1) is 0 Å². The minimum Gasteiger partial charge on any atom is -0.0746 e. The van der Waals surface area contributed by atoms with E-state index >= 15 is 0 Å². The Morgan fingerprint density at radius 3 is 1.15 bits per heavy atom. The van der Waals surface area contributed by atoms with E-state index in [4.69, 9.17) is 0 Å². The van der Waals surface area contributed by atoms with Gasteiger partial charge in [-0.25, -0.2) is 0 Å². The van der Waals surface area contributed by atoms with E-state index in [0.29, 0.717) is 0 Å². The van der Waals surface area contributed by atoms with Gasteiger partial charge in [0.25, 0.3) is 0 Å². The van der Waals surface area contributed by atoms with E-state index in [2.05, 4.69) is 100 Å². The Kier molecular flexibility index (Phi) is 9.17. The van der Waals surface area contributed by atoms with Crippen LogP contribution in [0.3, 0.4) is 0 Å². The molecule has 0 N–H and O–H groups in total. The van der Waals surface area contributed by atoms with E-state index < -0.39 is 0 Å². The summed E-state index contributed by atoms with van der Waals surface area (Å²) in [5.74, 6) is 0. The molecule has 178 valence electrons. The molecule has 0 aliphatic carbocycles. The summed E-state index contributed by atoms with van der Waals surface area (Å²) in [6.45, 7) is 9.43. The fourth-order valence-electron chi connectivity index (χ4n) is 5.36. The predicted octanol–water partition coefficient (Wildman–Crippen LogP) is 9.51. The van der Waals surface area contributed by atoms with Gasteiger partial charge >= 0.3 is 0 Å². The zero-order valence-electron chi connectivity index (χ0n) is 21.5. The van der Waals surface area contributed by atoms with E-state index in [1.807, 2.05) is 0 Å². The predicted molar refractivity (Wildman–Crippen MR) is 161 cm³/mol. The second kappa shape index (κ2) is 12.3. The van der Waals surface area contributed by atoms with Crippen LogP contribution in [-0.2, 0) is 0 Å². The second-order valence-corrected chi connectivity index (χ2v) is 14.2. The molecule has 2 heteroatoms. The minimum atomic E-state index is -0.169. The zero-order valence-corrected chi connectivity index (χ0v) is 23.3. The van der Waals surface area contributed by atoms with Gasteiger partial charge in [0.2, 0.25) is 0 Å². The summed E-state index contributed by atoms with van der Waals surface area (Å²) in [4.78, 5) is 0. The molecule has 4 aromatic carbocycles. The Bertz CT molecular complexity index is 1120. The summed E-state index contributed by atoms with van der Waals surface area (Å²) in [6, 6.07) is 28.0. The van der Waals surface area contributed by atoms with Crippen molar-refractivity contribution in [2.24, 2.45) is 0 Å². The monoisotopic (exact) mass is 486 g/mol. The lowest BCUT2D eigenvalue weighted by atomic mass is 9.93. The minimum absolute atomic E-state index is 0.169. The molecule has 0 aliphatic rings. The van der Waals surface area contributed by atoms with Gasteiger partial charge < -0.3 is 0 Å². The average molecular weight is 487 g/mol. The quantitative estimate of drug-likeness (QED) is 0.185. The van der Waals surface area contributed by atoms with Gasteiger partial charge in [-0.3, -0.25) is 0 Å². The Hall–Kier alpha value is -1.74. The molecule has 0 bridgehead atoms. The maximum absolute atomic E-state index is 2.50. The van der Waals surface area contributed by atoms with Crippen molar-refractivity contribution in [3.63, 3.8) is 0 Å².